The van der Waals surface area contributed by atoms with E-state index in [1.807, 2.05) is 0 Å². The Morgan fingerprint density at radius 3 is 2.84 bits per heavy atom. The molecule has 1 aromatic heterocycles. The maximum Gasteiger partial charge on any atom is 0.276 e. The Hall–Kier alpha value is -2.34. The molecular formula is C12H10ClN3O3. The summed E-state index contributed by atoms with van der Waals surface area (Å²) in [6, 6.07) is 9.62. The SMILES string of the molecule is COc1cccc(Nc2cc([N+](=O)[O-])cc(Cl)n2)c1. The van der Waals surface area contributed by atoms with Gasteiger partial charge in [0.05, 0.1) is 24.2 Å². The van der Waals surface area contributed by atoms with Gasteiger partial charge in [-0.25, -0.2) is 4.98 Å². The number of nitrogens with zero attached hydrogens (tertiary/aromatic N) is 2. The fourth-order valence-corrected chi connectivity index (χ4v) is 1.70. The van der Waals surface area contributed by atoms with Crippen LogP contribution in [0.15, 0.2) is 36.4 Å². The lowest BCUT2D eigenvalue weighted by molar-refractivity contribution is -0.384. The van der Waals surface area contributed by atoms with Gasteiger partial charge in [0.2, 0.25) is 0 Å². The zero-order valence-corrected chi connectivity index (χ0v) is 10.7. The predicted octanol–water partition coefficient (Wildman–Crippen LogP) is 3.40. The van der Waals surface area contributed by atoms with Gasteiger partial charge in [0.1, 0.15) is 16.7 Å². The molecule has 0 atom stereocenters. The first-order chi connectivity index (χ1) is 9.08. The van der Waals surface area contributed by atoms with Crippen molar-refractivity contribution in [2.75, 3.05) is 12.4 Å². The quantitative estimate of drug-likeness (QED) is 0.527. The average molecular weight is 280 g/mol. The molecule has 2 rings (SSSR count). The van der Waals surface area contributed by atoms with E-state index >= 15 is 0 Å². The van der Waals surface area contributed by atoms with E-state index in [4.69, 9.17) is 16.3 Å². The summed E-state index contributed by atoms with van der Waals surface area (Å²) in [5.74, 6) is 0.967. The first-order valence-electron chi connectivity index (χ1n) is 5.31. The Kier molecular flexibility index (Phi) is 3.82. The van der Waals surface area contributed by atoms with Gasteiger partial charge in [0.15, 0.2) is 0 Å². The third kappa shape index (κ3) is 3.32. The molecule has 0 bridgehead atoms. The number of aromatic nitrogens is 1. The van der Waals surface area contributed by atoms with E-state index in [2.05, 4.69) is 10.3 Å². The molecular weight excluding hydrogens is 270 g/mol. The van der Waals surface area contributed by atoms with Crippen molar-refractivity contribution in [2.45, 2.75) is 0 Å². The van der Waals surface area contributed by atoms with Crippen LogP contribution >= 0.6 is 11.6 Å². The minimum atomic E-state index is -0.523. The molecule has 19 heavy (non-hydrogen) atoms. The highest BCUT2D eigenvalue weighted by atomic mass is 35.5. The van der Waals surface area contributed by atoms with Gasteiger partial charge in [0.25, 0.3) is 5.69 Å². The van der Waals surface area contributed by atoms with Crippen LogP contribution in [-0.2, 0) is 0 Å². The molecule has 2 aromatic rings. The highest BCUT2D eigenvalue weighted by molar-refractivity contribution is 6.29. The van der Waals surface area contributed by atoms with Crippen LogP contribution in [-0.4, -0.2) is 17.0 Å². The third-order valence-electron chi connectivity index (χ3n) is 2.33. The van der Waals surface area contributed by atoms with Crippen LogP contribution in [0.3, 0.4) is 0 Å². The second kappa shape index (κ2) is 5.53. The van der Waals surface area contributed by atoms with Crippen LogP contribution in [0.1, 0.15) is 0 Å². The molecule has 1 heterocycles. The van der Waals surface area contributed by atoms with Gasteiger partial charge >= 0.3 is 0 Å². The summed E-state index contributed by atoms with van der Waals surface area (Å²) in [5, 5.41) is 13.7. The zero-order chi connectivity index (χ0) is 13.8. The topological polar surface area (TPSA) is 77.3 Å². The van der Waals surface area contributed by atoms with Crippen molar-refractivity contribution in [3.63, 3.8) is 0 Å². The molecule has 0 saturated heterocycles. The summed E-state index contributed by atoms with van der Waals surface area (Å²) in [7, 11) is 1.56. The Balaban J connectivity index is 2.29. The van der Waals surface area contributed by atoms with E-state index < -0.39 is 4.92 Å². The Morgan fingerprint density at radius 2 is 2.16 bits per heavy atom. The van der Waals surface area contributed by atoms with Crippen LogP contribution < -0.4 is 10.1 Å². The molecule has 98 valence electrons. The highest BCUT2D eigenvalue weighted by Gasteiger charge is 2.10. The van der Waals surface area contributed by atoms with Crippen molar-refractivity contribution < 1.29 is 9.66 Å². The molecule has 7 heteroatoms. The Morgan fingerprint density at radius 1 is 1.37 bits per heavy atom. The van der Waals surface area contributed by atoms with Gasteiger partial charge in [-0.05, 0) is 12.1 Å². The normalized spacial score (nSPS) is 10.0. The number of nitrogens with one attached hydrogen (secondary N) is 1. The van der Waals surface area contributed by atoms with E-state index in [1.54, 1.807) is 31.4 Å². The van der Waals surface area contributed by atoms with Crippen LogP contribution in [0.4, 0.5) is 17.2 Å². The monoisotopic (exact) mass is 279 g/mol. The molecule has 0 aliphatic rings. The van der Waals surface area contributed by atoms with Gasteiger partial charge in [-0.2, -0.15) is 0 Å². The number of pyridine rings is 1. The molecule has 0 aliphatic heterocycles. The second-order valence-electron chi connectivity index (χ2n) is 3.65. The highest BCUT2D eigenvalue weighted by Crippen LogP contribution is 2.25. The number of methoxy groups -OCH3 is 1. The van der Waals surface area contributed by atoms with E-state index in [9.17, 15) is 10.1 Å². The van der Waals surface area contributed by atoms with Crippen LogP contribution in [0.25, 0.3) is 0 Å². The van der Waals surface area contributed by atoms with E-state index in [0.717, 1.165) is 0 Å². The summed E-state index contributed by atoms with van der Waals surface area (Å²) in [4.78, 5) is 14.2. The number of hydrogen-bond donors (Lipinski definition) is 1. The van der Waals surface area contributed by atoms with Crippen LogP contribution in [0.5, 0.6) is 5.75 Å². The molecule has 6 nitrogen and oxygen atoms in total. The van der Waals surface area contributed by atoms with Crippen molar-refractivity contribution in [3.05, 3.63) is 51.7 Å². The van der Waals surface area contributed by atoms with Crippen molar-refractivity contribution in [2.24, 2.45) is 0 Å². The molecule has 0 aliphatic carbocycles. The van der Waals surface area contributed by atoms with Gasteiger partial charge in [0, 0.05) is 11.8 Å². The summed E-state index contributed by atoms with van der Waals surface area (Å²) in [6.45, 7) is 0. The molecule has 0 unspecified atom stereocenters. The van der Waals surface area contributed by atoms with E-state index in [1.165, 1.54) is 12.1 Å². The Bertz CT molecular complexity index is 619. The van der Waals surface area contributed by atoms with Crippen LogP contribution in [0.2, 0.25) is 5.15 Å². The number of hydrogen-bond acceptors (Lipinski definition) is 5. The first-order valence-corrected chi connectivity index (χ1v) is 5.69. The number of ether oxygens (including phenoxy) is 1. The number of halogens is 1. The fraction of sp³-hybridized carbons (Fsp3) is 0.0833. The van der Waals surface area contributed by atoms with Gasteiger partial charge in [-0.15, -0.1) is 0 Å². The molecule has 1 aromatic carbocycles. The lowest BCUT2D eigenvalue weighted by Gasteiger charge is -2.07. The Labute approximate surface area is 114 Å². The molecule has 0 spiro atoms. The molecule has 0 saturated carbocycles. The van der Waals surface area contributed by atoms with Crippen molar-refractivity contribution in [1.82, 2.24) is 4.98 Å². The summed E-state index contributed by atoms with van der Waals surface area (Å²) in [6.07, 6.45) is 0. The lowest BCUT2D eigenvalue weighted by Crippen LogP contribution is -1.97. The number of anilines is 2. The first kappa shape index (κ1) is 13.1. The number of rotatable bonds is 4. The minimum absolute atomic E-state index is 0.0552. The number of nitro groups is 1. The van der Waals surface area contributed by atoms with Crippen molar-refractivity contribution >= 4 is 28.8 Å². The zero-order valence-electron chi connectivity index (χ0n) is 9.96. The van der Waals surface area contributed by atoms with E-state index in [0.29, 0.717) is 17.3 Å². The maximum atomic E-state index is 10.7. The lowest BCUT2D eigenvalue weighted by atomic mass is 10.3. The average Bonchev–Trinajstić information content (AvgIpc) is 2.38. The summed E-state index contributed by atoms with van der Waals surface area (Å²) in [5.41, 5.74) is 0.578. The summed E-state index contributed by atoms with van der Waals surface area (Å²) < 4.78 is 5.08. The van der Waals surface area contributed by atoms with Gasteiger partial charge in [-0.1, -0.05) is 17.7 Å². The maximum absolute atomic E-state index is 10.7. The standard InChI is InChI=1S/C12H10ClN3O3/c1-19-10-4-2-3-8(5-10)14-12-7-9(16(17)18)6-11(13)15-12/h2-7H,1H3,(H,14,15). The smallest absolute Gasteiger partial charge is 0.276 e. The third-order valence-corrected chi connectivity index (χ3v) is 2.53. The van der Waals surface area contributed by atoms with Crippen LogP contribution in [0, 0.1) is 10.1 Å². The van der Waals surface area contributed by atoms with Crippen molar-refractivity contribution in [1.29, 1.82) is 0 Å². The minimum Gasteiger partial charge on any atom is -0.497 e. The van der Waals surface area contributed by atoms with Gasteiger partial charge < -0.3 is 10.1 Å². The fourth-order valence-electron chi connectivity index (χ4n) is 1.50. The molecule has 1 N–H and O–H groups in total. The molecule has 0 radical (unpaired) electrons. The molecule has 0 fully saturated rings. The number of benzene rings is 1. The second-order valence-corrected chi connectivity index (χ2v) is 4.03. The van der Waals surface area contributed by atoms with Gasteiger partial charge in [-0.3, -0.25) is 10.1 Å². The van der Waals surface area contributed by atoms with E-state index in [-0.39, 0.29) is 10.8 Å². The molecule has 0 amide bonds. The largest absolute Gasteiger partial charge is 0.497 e. The van der Waals surface area contributed by atoms with Crippen molar-refractivity contribution in [3.8, 4) is 5.75 Å². The predicted molar refractivity (Wildman–Crippen MR) is 72.2 cm³/mol. The summed E-state index contributed by atoms with van der Waals surface area (Å²) >= 11 is 5.74.